The van der Waals surface area contributed by atoms with Gasteiger partial charge in [-0.05, 0) is 12.8 Å². The highest BCUT2D eigenvalue weighted by atomic mass is 32.1. The topological polar surface area (TPSA) is 66.4 Å². The Morgan fingerprint density at radius 3 is 2.05 bits per heavy atom. The molecular formula is C15H27NO3S. The van der Waals surface area contributed by atoms with Crippen molar-refractivity contribution >= 4 is 24.5 Å². The van der Waals surface area contributed by atoms with Crippen LogP contribution in [0.25, 0.3) is 0 Å². The van der Waals surface area contributed by atoms with Gasteiger partial charge in [0.1, 0.15) is 6.04 Å². The molecule has 20 heavy (non-hydrogen) atoms. The number of carboxylic acid groups (broad SMARTS) is 1. The molecule has 1 saturated heterocycles. The minimum atomic E-state index is -0.927. The zero-order valence-electron chi connectivity index (χ0n) is 12.1. The summed E-state index contributed by atoms with van der Waals surface area (Å²) in [5.41, 5.74) is 0. The van der Waals surface area contributed by atoms with Gasteiger partial charge in [0.25, 0.3) is 0 Å². The van der Waals surface area contributed by atoms with Crippen LogP contribution in [0.15, 0.2) is 0 Å². The summed E-state index contributed by atoms with van der Waals surface area (Å²) in [5.74, 6) is -0.756. The highest BCUT2D eigenvalue weighted by Crippen LogP contribution is 2.17. The van der Waals surface area contributed by atoms with Gasteiger partial charge in [0.2, 0.25) is 5.91 Å². The van der Waals surface area contributed by atoms with Gasteiger partial charge in [0.05, 0.1) is 0 Å². The average molecular weight is 301 g/mol. The molecule has 1 fully saturated rings. The normalized spacial score (nSPS) is 27.4. The summed E-state index contributed by atoms with van der Waals surface area (Å²) < 4.78 is 0. The molecule has 0 spiro atoms. The second-order valence-corrected chi connectivity index (χ2v) is 6.05. The lowest BCUT2D eigenvalue weighted by molar-refractivity contribution is -0.142. The average Bonchev–Trinajstić information content (AvgIpc) is 2.42. The number of aliphatic carboxylic acids is 1. The molecule has 5 heteroatoms. The van der Waals surface area contributed by atoms with Crippen LogP contribution >= 0.6 is 12.6 Å². The van der Waals surface area contributed by atoms with Gasteiger partial charge in [-0.2, -0.15) is 12.6 Å². The zero-order valence-corrected chi connectivity index (χ0v) is 13.0. The number of carbonyl (C=O) groups excluding carboxylic acids is 1. The van der Waals surface area contributed by atoms with Crippen molar-refractivity contribution in [1.29, 1.82) is 0 Å². The first-order chi connectivity index (χ1) is 9.65. The molecule has 0 aliphatic carbocycles. The van der Waals surface area contributed by atoms with E-state index < -0.39 is 12.0 Å². The lowest BCUT2D eigenvalue weighted by Crippen LogP contribution is -2.44. The minimum Gasteiger partial charge on any atom is -0.480 e. The fraction of sp³-hybridized carbons (Fsp3) is 0.867. The molecule has 2 N–H and O–H groups in total. The van der Waals surface area contributed by atoms with Crippen LogP contribution in [-0.4, -0.2) is 28.8 Å². The summed E-state index contributed by atoms with van der Waals surface area (Å²) in [6.07, 6.45) is 10.3. The lowest BCUT2D eigenvalue weighted by atomic mass is 9.98. The maximum Gasteiger partial charge on any atom is 0.326 e. The number of amides is 1. The monoisotopic (exact) mass is 301 g/mol. The van der Waals surface area contributed by atoms with Crippen LogP contribution in [0.4, 0.5) is 0 Å². The number of hydrogen-bond donors (Lipinski definition) is 3. The summed E-state index contributed by atoms with van der Waals surface area (Å²) in [4.78, 5) is 23.3. The van der Waals surface area contributed by atoms with Crippen molar-refractivity contribution in [1.82, 2.24) is 5.32 Å². The van der Waals surface area contributed by atoms with Crippen LogP contribution in [0.3, 0.4) is 0 Å². The third-order valence-electron chi connectivity index (χ3n) is 4.00. The minimum absolute atomic E-state index is 0.149. The summed E-state index contributed by atoms with van der Waals surface area (Å²) in [6, 6.07) is -0.743. The molecule has 0 radical (unpaired) electrons. The molecule has 0 aromatic rings. The fourth-order valence-electron chi connectivity index (χ4n) is 2.65. The Labute approximate surface area is 127 Å². The van der Waals surface area contributed by atoms with E-state index in [1.807, 2.05) is 0 Å². The van der Waals surface area contributed by atoms with E-state index in [4.69, 9.17) is 0 Å². The van der Waals surface area contributed by atoms with Gasteiger partial charge in [0.15, 0.2) is 0 Å². The van der Waals surface area contributed by atoms with Gasteiger partial charge in [0, 0.05) is 11.7 Å². The van der Waals surface area contributed by atoms with E-state index >= 15 is 0 Å². The highest BCUT2D eigenvalue weighted by Gasteiger charge is 2.24. The third kappa shape index (κ3) is 6.64. The van der Waals surface area contributed by atoms with Crippen molar-refractivity contribution in [2.45, 2.75) is 70.3 Å². The van der Waals surface area contributed by atoms with Gasteiger partial charge in [-0.1, -0.05) is 51.4 Å². The summed E-state index contributed by atoms with van der Waals surface area (Å²) in [6.45, 7) is 0. The van der Waals surface area contributed by atoms with Gasteiger partial charge >= 0.3 is 5.97 Å². The maximum absolute atomic E-state index is 12.1. The molecule has 0 aromatic carbocycles. The summed E-state index contributed by atoms with van der Waals surface area (Å²) >= 11 is 4.23. The molecule has 1 rings (SSSR count). The van der Waals surface area contributed by atoms with E-state index in [2.05, 4.69) is 17.9 Å². The molecule has 2 atom stereocenters. The second kappa shape index (κ2) is 10.1. The number of carboxylic acids is 1. The van der Waals surface area contributed by atoms with Gasteiger partial charge in [-0.15, -0.1) is 0 Å². The Kier molecular flexibility index (Phi) is 8.74. The second-order valence-electron chi connectivity index (χ2n) is 5.68. The van der Waals surface area contributed by atoms with E-state index in [9.17, 15) is 14.7 Å². The van der Waals surface area contributed by atoms with E-state index in [1.54, 1.807) is 0 Å². The Morgan fingerprint density at radius 1 is 1.05 bits per heavy atom. The molecule has 0 saturated carbocycles. The Morgan fingerprint density at radius 2 is 1.55 bits per heavy atom. The number of nitrogens with one attached hydrogen (secondary N) is 1. The Bertz CT molecular complexity index is 309. The number of thiol groups is 1. The molecule has 2 unspecified atom stereocenters. The first-order valence-electron chi connectivity index (χ1n) is 7.79. The number of carbonyl (C=O) groups is 2. The molecule has 1 amide bonds. The van der Waals surface area contributed by atoms with E-state index in [0.29, 0.717) is 12.2 Å². The zero-order chi connectivity index (χ0) is 14.8. The van der Waals surface area contributed by atoms with E-state index in [1.165, 1.54) is 25.7 Å². The van der Waals surface area contributed by atoms with Crippen LogP contribution < -0.4 is 5.32 Å². The summed E-state index contributed by atoms with van der Waals surface area (Å²) in [7, 11) is 0. The summed E-state index contributed by atoms with van der Waals surface area (Å²) in [5, 5.41) is 11.9. The molecule has 1 heterocycles. The van der Waals surface area contributed by atoms with Crippen LogP contribution in [-0.2, 0) is 9.59 Å². The number of rotatable bonds is 2. The van der Waals surface area contributed by atoms with Gasteiger partial charge < -0.3 is 10.4 Å². The quantitative estimate of drug-likeness (QED) is 0.687. The van der Waals surface area contributed by atoms with Gasteiger partial charge in [-0.3, -0.25) is 4.79 Å². The molecule has 0 bridgehead atoms. The van der Waals surface area contributed by atoms with Crippen molar-refractivity contribution < 1.29 is 14.7 Å². The van der Waals surface area contributed by atoms with Crippen LogP contribution in [0, 0.1) is 5.92 Å². The predicted octanol–water partition coefficient (Wildman–Crippen LogP) is 3.02. The van der Waals surface area contributed by atoms with Crippen LogP contribution in [0.1, 0.15) is 64.2 Å². The van der Waals surface area contributed by atoms with E-state index in [0.717, 1.165) is 32.1 Å². The third-order valence-corrected chi connectivity index (χ3v) is 4.44. The first kappa shape index (κ1) is 17.3. The maximum atomic E-state index is 12.1. The van der Waals surface area contributed by atoms with Crippen molar-refractivity contribution in [3.05, 3.63) is 0 Å². The van der Waals surface area contributed by atoms with Crippen molar-refractivity contribution in [2.75, 3.05) is 5.75 Å². The van der Waals surface area contributed by atoms with Gasteiger partial charge in [-0.25, -0.2) is 4.79 Å². The van der Waals surface area contributed by atoms with Crippen LogP contribution in [0.5, 0.6) is 0 Å². The van der Waals surface area contributed by atoms with Crippen LogP contribution in [0.2, 0.25) is 0 Å². The SMILES string of the molecule is O=C1NC(C(=O)O)CCCCCCCCCCC1CS. The van der Waals surface area contributed by atoms with Crippen molar-refractivity contribution in [3.63, 3.8) is 0 Å². The fourth-order valence-corrected chi connectivity index (χ4v) is 3.00. The Balaban J connectivity index is 2.59. The molecule has 1 aliphatic rings. The molecule has 1 aliphatic heterocycles. The standard InChI is InChI=1S/C15H27NO3S/c17-14-12(11-20)9-7-5-3-1-2-4-6-8-10-13(16-14)15(18)19/h12-13,20H,1-11H2,(H,16,17)(H,18,19). The Hall–Kier alpha value is -0.710. The number of hydrogen-bond acceptors (Lipinski definition) is 3. The predicted molar refractivity (Wildman–Crippen MR) is 83.1 cm³/mol. The van der Waals surface area contributed by atoms with Crippen molar-refractivity contribution in [2.24, 2.45) is 5.92 Å². The van der Waals surface area contributed by atoms with E-state index in [-0.39, 0.29) is 11.8 Å². The van der Waals surface area contributed by atoms with Crippen molar-refractivity contribution in [3.8, 4) is 0 Å². The lowest BCUT2D eigenvalue weighted by Gasteiger charge is -2.19. The first-order valence-corrected chi connectivity index (χ1v) is 8.42. The molecule has 0 aromatic heterocycles. The largest absolute Gasteiger partial charge is 0.480 e. The molecular weight excluding hydrogens is 274 g/mol. The molecule has 116 valence electrons. The molecule has 4 nitrogen and oxygen atoms in total. The highest BCUT2D eigenvalue weighted by molar-refractivity contribution is 7.80. The smallest absolute Gasteiger partial charge is 0.326 e.